The smallest absolute Gasteiger partial charge is 1.00 e. The summed E-state index contributed by atoms with van der Waals surface area (Å²) in [6.45, 7) is 2.50. The zero-order chi connectivity index (χ0) is 2.12. The predicted octanol–water partition coefficient (Wildman–Crippen LogP) is -6.24. The van der Waals surface area contributed by atoms with E-state index in [1.807, 2.05) is 0 Å². The minimum atomic E-state index is 0. The number of halogens is 2. The molecule has 2 nitrogen and oxygen atoms in total. The Morgan fingerprint density at radius 1 is 1.00 bits per heavy atom. The van der Waals surface area contributed by atoms with Gasteiger partial charge in [-0.1, -0.05) is 0 Å². The second kappa shape index (κ2) is 15.7. The van der Waals surface area contributed by atoms with Gasteiger partial charge in [0.2, 0.25) is 0 Å². The second-order valence-corrected chi connectivity index (χ2v) is 0.750. The van der Waals surface area contributed by atoms with E-state index in [2.05, 4.69) is 5.32 Å². The average Bonchev–Trinajstić information content (AvgIpc) is 1.46. The van der Waals surface area contributed by atoms with Crippen molar-refractivity contribution in [3.63, 3.8) is 0 Å². The van der Waals surface area contributed by atoms with Gasteiger partial charge in [-0.25, -0.2) is 0 Å². The molecule has 1 aliphatic heterocycles. The molecule has 1 saturated heterocycles. The van der Waals surface area contributed by atoms with Gasteiger partial charge in [0, 0.05) is 13.1 Å². The van der Waals surface area contributed by atoms with Crippen molar-refractivity contribution < 1.29 is 45.9 Å². The molecular weight excluding hydrogens is 318 g/mol. The van der Waals surface area contributed by atoms with Crippen LogP contribution in [0.15, 0.2) is 0 Å². The number of hydrogen-bond donors (Lipinski definition) is 2. The monoisotopic (exact) mass is 325 g/mol. The Kier molecular flexibility index (Phi) is 54.1. The first kappa shape index (κ1) is 24.1. The summed E-state index contributed by atoms with van der Waals surface area (Å²) in [6.07, 6.45) is 0. The molecule has 0 unspecified atom stereocenters. The maximum absolute atomic E-state index is 3.00. The number of hydrogen-bond acceptors (Lipinski definition) is 2. The Balaban J connectivity index is -0.0000000112. The molecule has 5 heteroatoms. The standard InChI is InChI=1S/C2H5N.2ClH.H3N.Pt/c1-2-3-1;;;;/h3H,1-2H2;2*1H;1H3;/q;;;;+2/p-2. The molecule has 0 atom stereocenters. The van der Waals surface area contributed by atoms with Crippen LogP contribution >= 0.6 is 0 Å². The third kappa shape index (κ3) is 40.4. The first-order valence-electron chi connectivity index (χ1n) is 1.21. The Labute approximate surface area is 70.5 Å². The van der Waals surface area contributed by atoms with Gasteiger partial charge in [0.05, 0.1) is 0 Å². The van der Waals surface area contributed by atoms with E-state index in [4.69, 9.17) is 0 Å². The summed E-state index contributed by atoms with van der Waals surface area (Å²) in [7, 11) is 0. The molecule has 0 saturated carbocycles. The van der Waals surface area contributed by atoms with Crippen LogP contribution in [0.4, 0.5) is 0 Å². The van der Waals surface area contributed by atoms with Gasteiger partial charge < -0.3 is 36.3 Å². The molecule has 1 rings (SSSR count). The topological polar surface area (TPSA) is 56.9 Å². The molecule has 1 fully saturated rings. The maximum atomic E-state index is 3.00. The first-order valence-corrected chi connectivity index (χ1v) is 1.21. The molecule has 0 bridgehead atoms. The second-order valence-electron chi connectivity index (χ2n) is 0.750. The van der Waals surface area contributed by atoms with Crippen molar-refractivity contribution in [1.29, 1.82) is 0 Å². The fourth-order valence-corrected chi connectivity index (χ4v) is 0. The summed E-state index contributed by atoms with van der Waals surface area (Å²) in [5, 5.41) is 3.00. The fraction of sp³-hybridized carbons (Fsp3) is 1.00. The van der Waals surface area contributed by atoms with Crippen LogP contribution < -0.4 is 36.3 Å². The Morgan fingerprint density at radius 2 is 1.14 bits per heavy atom. The summed E-state index contributed by atoms with van der Waals surface area (Å²) < 4.78 is 0. The van der Waals surface area contributed by atoms with E-state index >= 15 is 0 Å². The SMILES string of the molecule is C1CN1.N.[Cl-].[Cl-].[Pt+2]. The summed E-state index contributed by atoms with van der Waals surface area (Å²) in [5.74, 6) is 0. The van der Waals surface area contributed by atoms with Crippen LogP contribution in [0.25, 0.3) is 0 Å². The van der Waals surface area contributed by atoms with Crippen LogP contribution in [0.1, 0.15) is 0 Å². The number of nitrogens with one attached hydrogen (secondary N) is 1. The fourth-order valence-electron chi connectivity index (χ4n) is 0. The molecule has 7 heavy (non-hydrogen) atoms. The molecule has 0 aromatic carbocycles. The van der Waals surface area contributed by atoms with E-state index in [9.17, 15) is 0 Å². The van der Waals surface area contributed by atoms with Gasteiger partial charge in [0.25, 0.3) is 0 Å². The van der Waals surface area contributed by atoms with Crippen LogP contribution in [-0.4, -0.2) is 13.1 Å². The molecule has 4 N–H and O–H groups in total. The minimum Gasteiger partial charge on any atom is -1.00 e. The van der Waals surface area contributed by atoms with E-state index in [1.54, 1.807) is 0 Å². The zero-order valence-corrected chi connectivity index (χ0v) is 7.48. The third-order valence-corrected chi connectivity index (χ3v) is 0.250. The maximum Gasteiger partial charge on any atom is 2.00 e. The van der Waals surface area contributed by atoms with E-state index in [0.717, 1.165) is 0 Å². The molecule has 0 amide bonds. The minimum absolute atomic E-state index is 0. The molecule has 50 valence electrons. The van der Waals surface area contributed by atoms with E-state index < -0.39 is 0 Å². The summed E-state index contributed by atoms with van der Waals surface area (Å²) in [5.41, 5.74) is 0. The van der Waals surface area contributed by atoms with E-state index in [1.165, 1.54) is 13.1 Å². The zero-order valence-electron chi connectivity index (χ0n) is 3.69. The third-order valence-electron chi connectivity index (χ3n) is 0.250. The van der Waals surface area contributed by atoms with Gasteiger partial charge in [-0.15, -0.1) is 0 Å². The first-order chi connectivity index (χ1) is 1.50. The normalized spacial score (nSPS) is 10.3. The molecular formula is C2H8Cl2N2Pt. The van der Waals surface area contributed by atoms with Crippen LogP contribution in [0.3, 0.4) is 0 Å². The summed E-state index contributed by atoms with van der Waals surface area (Å²) in [4.78, 5) is 0. The van der Waals surface area contributed by atoms with E-state index in [0.29, 0.717) is 0 Å². The average molecular weight is 326 g/mol. The van der Waals surface area contributed by atoms with Crippen LogP contribution in [-0.2, 0) is 21.1 Å². The molecule has 1 aliphatic rings. The molecule has 0 spiro atoms. The molecule has 1 heterocycles. The van der Waals surface area contributed by atoms with Crippen molar-refractivity contribution in [2.45, 2.75) is 0 Å². The van der Waals surface area contributed by atoms with Crippen molar-refractivity contribution >= 4 is 0 Å². The van der Waals surface area contributed by atoms with E-state index in [-0.39, 0.29) is 52.0 Å². The van der Waals surface area contributed by atoms with Crippen molar-refractivity contribution in [2.24, 2.45) is 0 Å². The van der Waals surface area contributed by atoms with Crippen LogP contribution in [0.2, 0.25) is 0 Å². The molecule has 0 aromatic heterocycles. The van der Waals surface area contributed by atoms with Gasteiger partial charge in [-0.05, 0) is 0 Å². The summed E-state index contributed by atoms with van der Waals surface area (Å²) >= 11 is 0. The van der Waals surface area contributed by atoms with Gasteiger partial charge in [0.15, 0.2) is 0 Å². The Morgan fingerprint density at radius 3 is 1.14 bits per heavy atom. The quantitative estimate of drug-likeness (QED) is 0.435. The van der Waals surface area contributed by atoms with Crippen molar-refractivity contribution in [1.82, 2.24) is 11.5 Å². The predicted molar refractivity (Wildman–Crippen MR) is 17.9 cm³/mol. The Bertz CT molecular complexity index is 18.4. The van der Waals surface area contributed by atoms with Gasteiger partial charge >= 0.3 is 21.1 Å². The van der Waals surface area contributed by atoms with Crippen LogP contribution in [0, 0.1) is 0 Å². The van der Waals surface area contributed by atoms with Gasteiger partial charge in [-0.3, -0.25) is 0 Å². The van der Waals surface area contributed by atoms with Crippen molar-refractivity contribution in [3.8, 4) is 0 Å². The largest absolute Gasteiger partial charge is 2.00 e. The Hall–Kier alpha value is 1.19. The summed E-state index contributed by atoms with van der Waals surface area (Å²) in [6, 6.07) is 0. The van der Waals surface area contributed by atoms with Gasteiger partial charge in [0.1, 0.15) is 0 Å². The van der Waals surface area contributed by atoms with Gasteiger partial charge in [-0.2, -0.15) is 0 Å². The van der Waals surface area contributed by atoms with Crippen LogP contribution in [0.5, 0.6) is 0 Å². The molecule has 0 aliphatic carbocycles. The molecule has 0 radical (unpaired) electrons. The molecule has 0 aromatic rings. The van der Waals surface area contributed by atoms with Crippen molar-refractivity contribution in [2.75, 3.05) is 13.1 Å². The number of rotatable bonds is 0. The van der Waals surface area contributed by atoms with Crippen molar-refractivity contribution in [3.05, 3.63) is 0 Å².